The number of nitrogens with one attached hydrogen (secondary N) is 2. The van der Waals surface area contributed by atoms with E-state index in [-0.39, 0.29) is 17.2 Å². The standard InChI is InChI=1S/C27H29BrN2O2S/c1-16-5-7-17(8-6-16)24(31)30-26-23(25(32)29-20-12-10-19(28)11-13-20)21-14-9-18(27(2,3)4)15-22(21)33-26/h5-8,10-13,18H,9,14-15H2,1-4H3,(H,29,32)(H,30,31). The van der Waals surface area contributed by atoms with Gasteiger partial charge in [-0.1, -0.05) is 54.4 Å². The van der Waals surface area contributed by atoms with Crippen molar-refractivity contribution in [2.75, 3.05) is 10.6 Å². The molecule has 1 aliphatic carbocycles. The summed E-state index contributed by atoms with van der Waals surface area (Å²) in [6.45, 7) is 8.82. The van der Waals surface area contributed by atoms with E-state index in [1.54, 1.807) is 11.3 Å². The van der Waals surface area contributed by atoms with E-state index in [0.29, 0.717) is 22.0 Å². The van der Waals surface area contributed by atoms with Gasteiger partial charge in [0.15, 0.2) is 0 Å². The van der Waals surface area contributed by atoms with Crippen LogP contribution in [0.1, 0.15) is 63.9 Å². The first-order valence-corrected chi connectivity index (χ1v) is 12.8. The van der Waals surface area contributed by atoms with Gasteiger partial charge in [0.1, 0.15) is 5.00 Å². The van der Waals surface area contributed by atoms with Gasteiger partial charge in [-0.05, 0) is 79.5 Å². The number of carbonyl (C=O) groups is 2. The highest BCUT2D eigenvalue weighted by Gasteiger charge is 2.34. The number of hydrogen-bond acceptors (Lipinski definition) is 3. The molecule has 0 bridgehead atoms. The molecule has 2 aromatic carbocycles. The topological polar surface area (TPSA) is 58.2 Å². The molecule has 1 aliphatic rings. The van der Waals surface area contributed by atoms with E-state index < -0.39 is 0 Å². The monoisotopic (exact) mass is 524 g/mol. The van der Waals surface area contributed by atoms with Gasteiger partial charge in [-0.2, -0.15) is 0 Å². The number of benzene rings is 2. The van der Waals surface area contributed by atoms with Gasteiger partial charge >= 0.3 is 0 Å². The fourth-order valence-electron chi connectivity index (χ4n) is 4.26. The molecule has 3 aromatic rings. The summed E-state index contributed by atoms with van der Waals surface area (Å²) in [5.41, 5.74) is 4.29. The molecule has 2 amide bonds. The number of rotatable bonds is 4. The molecule has 4 nitrogen and oxygen atoms in total. The van der Waals surface area contributed by atoms with Gasteiger partial charge in [-0.25, -0.2) is 0 Å². The number of halogens is 1. The van der Waals surface area contributed by atoms with Crippen molar-refractivity contribution in [3.8, 4) is 0 Å². The van der Waals surface area contributed by atoms with Gasteiger partial charge in [-0.3, -0.25) is 9.59 Å². The van der Waals surface area contributed by atoms with Gasteiger partial charge in [0.2, 0.25) is 0 Å². The number of anilines is 2. The van der Waals surface area contributed by atoms with E-state index in [2.05, 4.69) is 47.3 Å². The maximum atomic E-state index is 13.4. The first kappa shape index (κ1) is 23.7. The molecule has 0 aliphatic heterocycles. The molecule has 4 rings (SSSR count). The zero-order chi connectivity index (χ0) is 23.8. The molecule has 0 saturated heterocycles. The molecule has 0 fully saturated rings. The smallest absolute Gasteiger partial charge is 0.258 e. The molecule has 6 heteroatoms. The lowest BCUT2D eigenvalue weighted by molar-refractivity contribution is 0.102. The summed E-state index contributed by atoms with van der Waals surface area (Å²) in [6.07, 6.45) is 2.82. The van der Waals surface area contributed by atoms with Gasteiger partial charge in [0, 0.05) is 20.6 Å². The molecular formula is C27H29BrN2O2S. The first-order valence-electron chi connectivity index (χ1n) is 11.2. The number of thiophene rings is 1. The average Bonchev–Trinajstić information content (AvgIpc) is 3.12. The van der Waals surface area contributed by atoms with Gasteiger partial charge in [0.05, 0.1) is 5.56 Å². The van der Waals surface area contributed by atoms with Crippen molar-refractivity contribution in [3.05, 3.63) is 80.1 Å². The zero-order valence-electron chi connectivity index (χ0n) is 19.4. The Balaban J connectivity index is 1.67. The second-order valence-corrected chi connectivity index (χ2v) is 11.8. The van der Waals surface area contributed by atoms with Crippen LogP contribution in [0.4, 0.5) is 10.7 Å². The predicted molar refractivity (Wildman–Crippen MR) is 141 cm³/mol. The summed E-state index contributed by atoms with van der Waals surface area (Å²) in [5, 5.41) is 6.70. The lowest BCUT2D eigenvalue weighted by Gasteiger charge is -2.33. The molecular weight excluding hydrogens is 496 g/mol. The van der Waals surface area contributed by atoms with Gasteiger partial charge in [-0.15, -0.1) is 11.3 Å². The molecule has 172 valence electrons. The summed E-state index contributed by atoms with van der Waals surface area (Å²) in [7, 11) is 0. The molecule has 33 heavy (non-hydrogen) atoms. The summed E-state index contributed by atoms with van der Waals surface area (Å²) in [5.74, 6) is 0.175. The van der Waals surface area contributed by atoms with Crippen LogP contribution in [0.15, 0.2) is 53.0 Å². The lowest BCUT2D eigenvalue weighted by Crippen LogP contribution is -2.27. The quantitative estimate of drug-likeness (QED) is 0.371. The Labute approximate surface area is 207 Å². The van der Waals surface area contributed by atoms with E-state index >= 15 is 0 Å². The highest BCUT2D eigenvalue weighted by Crippen LogP contribution is 2.44. The second-order valence-electron chi connectivity index (χ2n) is 9.79. The molecule has 1 unspecified atom stereocenters. The number of fused-ring (bicyclic) bond motifs is 1. The minimum Gasteiger partial charge on any atom is -0.322 e. The summed E-state index contributed by atoms with van der Waals surface area (Å²) < 4.78 is 0.952. The van der Waals surface area contributed by atoms with E-state index in [0.717, 1.165) is 40.5 Å². The van der Waals surface area contributed by atoms with E-state index in [1.165, 1.54) is 4.88 Å². The molecule has 0 saturated carbocycles. The van der Waals surface area contributed by atoms with Crippen LogP contribution in [-0.2, 0) is 12.8 Å². The van der Waals surface area contributed by atoms with Gasteiger partial charge in [0.25, 0.3) is 11.8 Å². The van der Waals surface area contributed by atoms with E-state index in [1.807, 2.05) is 55.5 Å². The van der Waals surface area contributed by atoms with Crippen molar-refractivity contribution in [1.82, 2.24) is 0 Å². The highest BCUT2D eigenvalue weighted by molar-refractivity contribution is 9.10. The number of carbonyl (C=O) groups excluding carboxylic acids is 2. The molecule has 0 radical (unpaired) electrons. The van der Waals surface area contributed by atoms with Crippen LogP contribution < -0.4 is 10.6 Å². The van der Waals surface area contributed by atoms with Gasteiger partial charge < -0.3 is 10.6 Å². The van der Waals surface area contributed by atoms with Crippen molar-refractivity contribution in [1.29, 1.82) is 0 Å². The average molecular weight is 526 g/mol. The maximum absolute atomic E-state index is 13.4. The van der Waals surface area contributed by atoms with Crippen LogP contribution in [0.5, 0.6) is 0 Å². The predicted octanol–water partition coefficient (Wildman–Crippen LogP) is 7.47. The van der Waals surface area contributed by atoms with E-state index in [9.17, 15) is 9.59 Å². The maximum Gasteiger partial charge on any atom is 0.258 e. The summed E-state index contributed by atoms with van der Waals surface area (Å²) in [6, 6.07) is 15.0. The van der Waals surface area contributed by atoms with Crippen molar-refractivity contribution in [2.45, 2.75) is 47.0 Å². The van der Waals surface area contributed by atoms with Crippen molar-refractivity contribution in [3.63, 3.8) is 0 Å². The molecule has 1 heterocycles. The van der Waals surface area contributed by atoms with Crippen molar-refractivity contribution in [2.24, 2.45) is 11.3 Å². The van der Waals surface area contributed by atoms with Crippen LogP contribution in [-0.4, -0.2) is 11.8 Å². The Morgan fingerprint density at radius 2 is 1.64 bits per heavy atom. The molecule has 1 atom stereocenters. The molecule has 2 N–H and O–H groups in total. The Hall–Kier alpha value is -2.44. The lowest BCUT2D eigenvalue weighted by atomic mass is 9.72. The highest BCUT2D eigenvalue weighted by atomic mass is 79.9. The Morgan fingerprint density at radius 1 is 0.970 bits per heavy atom. The van der Waals surface area contributed by atoms with Crippen LogP contribution in [0.25, 0.3) is 0 Å². The number of amides is 2. The normalized spacial score (nSPS) is 15.6. The summed E-state index contributed by atoms with van der Waals surface area (Å²) in [4.78, 5) is 27.6. The molecule has 1 aromatic heterocycles. The zero-order valence-corrected chi connectivity index (χ0v) is 21.8. The SMILES string of the molecule is Cc1ccc(C(=O)Nc2sc3c(c2C(=O)Nc2ccc(Br)cc2)CCC(C(C)(C)C)C3)cc1. The van der Waals surface area contributed by atoms with E-state index in [4.69, 9.17) is 0 Å². The number of hydrogen-bond donors (Lipinski definition) is 2. The Kier molecular flexibility index (Phi) is 6.78. The Bertz CT molecular complexity index is 1170. The molecule has 0 spiro atoms. The second kappa shape index (κ2) is 9.43. The third-order valence-corrected chi connectivity index (χ3v) is 8.06. The van der Waals surface area contributed by atoms with Crippen molar-refractivity contribution < 1.29 is 9.59 Å². The van der Waals surface area contributed by atoms with Crippen LogP contribution in [0.2, 0.25) is 0 Å². The minimum atomic E-state index is -0.196. The minimum absolute atomic E-state index is 0.178. The first-order chi connectivity index (χ1) is 15.6. The fourth-order valence-corrected chi connectivity index (χ4v) is 5.84. The summed E-state index contributed by atoms with van der Waals surface area (Å²) >= 11 is 4.98. The van der Waals surface area contributed by atoms with Crippen LogP contribution in [0, 0.1) is 18.3 Å². The largest absolute Gasteiger partial charge is 0.322 e. The van der Waals surface area contributed by atoms with Crippen LogP contribution >= 0.6 is 27.3 Å². The Morgan fingerprint density at radius 3 is 2.27 bits per heavy atom. The fraction of sp³-hybridized carbons (Fsp3) is 0.333. The third-order valence-electron chi connectivity index (χ3n) is 6.36. The van der Waals surface area contributed by atoms with Crippen LogP contribution in [0.3, 0.4) is 0 Å². The third kappa shape index (κ3) is 5.39. The number of aryl methyl sites for hydroxylation is 1. The van der Waals surface area contributed by atoms with Crippen molar-refractivity contribution >= 4 is 49.8 Å².